The van der Waals surface area contributed by atoms with E-state index in [-0.39, 0.29) is 23.1 Å². The van der Waals surface area contributed by atoms with Crippen molar-refractivity contribution >= 4 is 21.7 Å². The Labute approximate surface area is 98.7 Å². The molecule has 1 heterocycles. The van der Waals surface area contributed by atoms with E-state index in [2.05, 4.69) is 9.71 Å². The van der Waals surface area contributed by atoms with E-state index in [1.165, 1.54) is 18.3 Å². The van der Waals surface area contributed by atoms with Gasteiger partial charge >= 0.3 is 5.97 Å². The lowest BCUT2D eigenvalue weighted by atomic mass is 10.3. The highest BCUT2D eigenvalue weighted by Gasteiger charge is 2.28. The molecular weight excluding hydrogens is 244 g/mol. The topological polar surface area (TPSA) is 96.4 Å². The zero-order chi connectivity index (χ0) is 12.5. The Kier molecular flexibility index (Phi) is 3.01. The molecule has 0 saturated heterocycles. The van der Waals surface area contributed by atoms with Crippen molar-refractivity contribution in [3.8, 4) is 0 Å². The first-order valence-corrected chi connectivity index (χ1v) is 6.81. The Morgan fingerprint density at radius 1 is 1.53 bits per heavy atom. The molecule has 0 aromatic carbocycles. The monoisotopic (exact) mass is 256 g/mol. The molecule has 7 heteroatoms. The van der Waals surface area contributed by atoms with E-state index in [1.807, 2.05) is 0 Å². The SMILES string of the molecule is O=C(O)c1cc(NS(=O)(=O)CC2CC2)ccn1. The number of hydrogen-bond acceptors (Lipinski definition) is 4. The molecule has 2 rings (SSSR count). The Balaban J connectivity index is 2.12. The number of carboxylic acid groups (broad SMARTS) is 1. The van der Waals surface area contributed by atoms with Gasteiger partial charge in [-0.1, -0.05) is 0 Å². The summed E-state index contributed by atoms with van der Waals surface area (Å²) >= 11 is 0. The summed E-state index contributed by atoms with van der Waals surface area (Å²) in [6.45, 7) is 0. The van der Waals surface area contributed by atoms with E-state index in [9.17, 15) is 13.2 Å². The maximum absolute atomic E-state index is 11.7. The molecule has 0 aliphatic heterocycles. The summed E-state index contributed by atoms with van der Waals surface area (Å²) in [5.74, 6) is -0.848. The van der Waals surface area contributed by atoms with Crippen molar-refractivity contribution in [3.05, 3.63) is 24.0 Å². The second-order valence-corrected chi connectivity index (χ2v) is 5.83. The highest BCUT2D eigenvalue weighted by molar-refractivity contribution is 7.92. The first-order valence-electron chi connectivity index (χ1n) is 5.16. The van der Waals surface area contributed by atoms with Gasteiger partial charge in [-0.3, -0.25) is 4.72 Å². The number of hydrogen-bond donors (Lipinski definition) is 2. The van der Waals surface area contributed by atoms with E-state index in [0.717, 1.165) is 12.8 Å². The van der Waals surface area contributed by atoms with E-state index in [0.29, 0.717) is 0 Å². The number of aromatic nitrogens is 1. The lowest BCUT2D eigenvalue weighted by Gasteiger charge is -2.07. The van der Waals surface area contributed by atoms with E-state index >= 15 is 0 Å². The minimum Gasteiger partial charge on any atom is -0.477 e. The van der Waals surface area contributed by atoms with Crippen molar-refractivity contribution in [2.24, 2.45) is 5.92 Å². The highest BCUT2D eigenvalue weighted by Crippen LogP contribution is 2.30. The molecule has 0 atom stereocenters. The van der Waals surface area contributed by atoms with E-state index in [1.54, 1.807) is 0 Å². The van der Waals surface area contributed by atoms with Crippen LogP contribution < -0.4 is 4.72 Å². The molecule has 0 spiro atoms. The standard InChI is InChI=1S/C10H12N2O4S/c13-10(14)9-5-8(3-4-11-9)12-17(15,16)6-7-1-2-7/h3-5,7H,1-2,6H2,(H,11,12)(H,13,14). The van der Waals surface area contributed by atoms with E-state index in [4.69, 9.17) is 5.11 Å². The summed E-state index contributed by atoms with van der Waals surface area (Å²) in [5.41, 5.74) is 0.0506. The Morgan fingerprint density at radius 2 is 2.24 bits per heavy atom. The number of nitrogens with zero attached hydrogens (tertiary/aromatic N) is 1. The quantitative estimate of drug-likeness (QED) is 0.817. The number of rotatable bonds is 5. The Morgan fingerprint density at radius 3 is 2.82 bits per heavy atom. The van der Waals surface area contributed by atoms with Crippen molar-refractivity contribution in [2.75, 3.05) is 10.5 Å². The van der Waals surface area contributed by atoms with Crippen LogP contribution in [0.25, 0.3) is 0 Å². The van der Waals surface area contributed by atoms with Crippen LogP contribution in [0.15, 0.2) is 18.3 Å². The van der Waals surface area contributed by atoms with Gasteiger partial charge in [0.1, 0.15) is 5.69 Å². The lowest BCUT2D eigenvalue weighted by molar-refractivity contribution is 0.0690. The maximum Gasteiger partial charge on any atom is 0.354 e. The van der Waals surface area contributed by atoms with Crippen LogP contribution >= 0.6 is 0 Å². The summed E-state index contributed by atoms with van der Waals surface area (Å²) < 4.78 is 25.7. The number of anilines is 1. The predicted octanol–water partition coefficient (Wildman–Crippen LogP) is 0.931. The Hall–Kier alpha value is -1.63. The van der Waals surface area contributed by atoms with Gasteiger partial charge in [-0.15, -0.1) is 0 Å². The van der Waals surface area contributed by atoms with Crippen LogP contribution in [0.2, 0.25) is 0 Å². The third-order valence-electron chi connectivity index (χ3n) is 2.40. The van der Waals surface area contributed by atoms with Gasteiger partial charge in [0, 0.05) is 6.20 Å². The molecule has 92 valence electrons. The molecule has 1 fully saturated rings. The van der Waals surface area contributed by atoms with Gasteiger partial charge in [-0.2, -0.15) is 0 Å². The van der Waals surface area contributed by atoms with Crippen LogP contribution in [0.5, 0.6) is 0 Å². The lowest BCUT2D eigenvalue weighted by Crippen LogP contribution is -2.18. The van der Waals surface area contributed by atoms with Crippen LogP contribution in [0, 0.1) is 5.92 Å². The van der Waals surface area contributed by atoms with Gasteiger partial charge in [-0.25, -0.2) is 18.2 Å². The van der Waals surface area contributed by atoms with Crippen molar-refractivity contribution in [1.29, 1.82) is 0 Å². The van der Waals surface area contributed by atoms with Crippen molar-refractivity contribution < 1.29 is 18.3 Å². The zero-order valence-electron chi connectivity index (χ0n) is 8.96. The summed E-state index contributed by atoms with van der Waals surface area (Å²) in [5, 5.41) is 8.72. The summed E-state index contributed by atoms with van der Waals surface area (Å²) in [4.78, 5) is 14.3. The van der Waals surface area contributed by atoms with Gasteiger partial charge in [0.05, 0.1) is 11.4 Å². The normalized spacial score (nSPS) is 15.5. The minimum atomic E-state index is -3.38. The number of aromatic carboxylic acids is 1. The highest BCUT2D eigenvalue weighted by atomic mass is 32.2. The number of carboxylic acids is 1. The summed E-state index contributed by atoms with van der Waals surface area (Å²) in [6.07, 6.45) is 3.15. The molecule has 0 bridgehead atoms. The fraction of sp³-hybridized carbons (Fsp3) is 0.400. The first-order chi connectivity index (χ1) is 7.96. The molecule has 2 N–H and O–H groups in total. The molecule has 6 nitrogen and oxygen atoms in total. The fourth-order valence-electron chi connectivity index (χ4n) is 1.43. The fourth-order valence-corrected chi connectivity index (χ4v) is 2.95. The molecule has 0 unspecified atom stereocenters. The number of nitrogens with one attached hydrogen (secondary N) is 1. The molecule has 1 aromatic heterocycles. The second-order valence-electron chi connectivity index (χ2n) is 4.06. The van der Waals surface area contributed by atoms with Gasteiger partial charge in [0.15, 0.2) is 0 Å². The molecule has 0 amide bonds. The molecule has 1 aromatic rings. The second kappa shape index (κ2) is 4.33. The molecule has 0 radical (unpaired) electrons. The predicted molar refractivity (Wildman–Crippen MR) is 61.3 cm³/mol. The van der Waals surface area contributed by atoms with Gasteiger partial charge in [0.2, 0.25) is 10.0 Å². The number of sulfonamides is 1. The first kappa shape index (κ1) is 11.8. The van der Waals surface area contributed by atoms with Crippen molar-refractivity contribution in [3.63, 3.8) is 0 Å². The molecule has 17 heavy (non-hydrogen) atoms. The zero-order valence-corrected chi connectivity index (χ0v) is 9.77. The largest absolute Gasteiger partial charge is 0.477 e. The van der Waals surface area contributed by atoms with Crippen LogP contribution in [0.4, 0.5) is 5.69 Å². The molecule has 1 aliphatic carbocycles. The molecule has 1 aliphatic rings. The van der Waals surface area contributed by atoms with Crippen LogP contribution in [-0.4, -0.2) is 30.2 Å². The Bertz CT molecular complexity index is 537. The number of carbonyl (C=O) groups is 1. The van der Waals surface area contributed by atoms with Crippen molar-refractivity contribution in [1.82, 2.24) is 4.98 Å². The summed E-state index contributed by atoms with van der Waals surface area (Å²) in [6, 6.07) is 2.63. The van der Waals surface area contributed by atoms with Crippen LogP contribution in [-0.2, 0) is 10.0 Å². The van der Waals surface area contributed by atoms with Crippen LogP contribution in [0.3, 0.4) is 0 Å². The third-order valence-corrected chi connectivity index (χ3v) is 3.86. The van der Waals surface area contributed by atoms with E-state index < -0.39 is 16.0 Å². The van der Waals surface area contributed by atoms with Crippen LogP contribution in [0.1, 0.15) is 23.3 Å². The average molecular weight is 256 g/mol. The van der Waals surface area contributed by atoms with Gasteiger partial charge in [-0.05, 0) is 30.9 Å². The minimum absolute atomic E-state index is 0.0950. The van der Waals surface area contributed by atoms with Gasteiger partial charge < -0.3 is 5.11 Å². The molecular formula is C10H12N2O4S. The average Bonchev–Trinajstić information content (AvgIpc) is 3.00. The molecule has 1 saturated carbocycles. The smallest absolute Gasteiger partial charge is 0.354 e. The summed E-state index contributed by atoms with van der Waals surface area (Å²) in [7, 11) is -3.38. The maximum atomic E-state index is 11.7. The number of pyridine rings is 1. The third kappa shape index (κ3) is 3.42. The van der Waals surface area contributed by atoms with Crippen molar-refractivity contribution in [2.45, 2.75) is 12.8 Å². The van der Waals surface area contributed by atoms with Gasteiger partial charge in [0.25, 0.3) is 0 Å².